The number of nitrogens with two attached hydrogens (primary N) is 1. The quantitative estimate of drug-likeness (QED) is 0.900. The first kappa shape index (κ1) is 16.4. The highest BCUT2D eigenvalue weighted by Gasteiger charge is 2.30. The molecular weight excluding hydrogens is 312 g/mol. The largest absolute Gasteiger partial charge is 0.384 e. The molecule has 0 saturated carbocycles. The number of nitrogens with zero attached hydrogens (tertiary/aromatic N) is 3. The predicted molar refractivity (Wildman–Crippen MR) is 85.2 cm³/mol. The Balaban J connectivity index is 1.78. The second kappa shape index (κ2) is 6.98. The molecule has 0 unspecified atom stereocenters. The van der Waals surface area contributed by atoms with Crippen molar-refractivity contribution in [2.24, 2.45) is 0 Å². The predicted octanol–water partition coefficient (Wildman–Crippen LogP) is 1.32. The number of ether oxygens (including phenoxy) is 2. The number of hydrogen-bond acceptors (Lipinski definition) is 7. The summed E-state index contributed by atoms with van der Waals surface area (Å²) in [6.07, 6.45) is -0.315. The summed E-state index contributed by atoms with van der Waals surface area (Å²) in [5.41, 5.74) is 7.39. The van der Waals surface area contributed by atoms with Crippen LogP contribution in [0.5, 0.6) is 0 Å². The van der Waals surface area contributed by atoms with Crippen LogP contribution in [0.1, 0.15) is 33.6 Å². The molecular formula is C16H20N4O4. The van der Waals surface area contributed by atoms with Crippen molar-refractivity contribution in [1.82, 2.24) is 15.0 Å². The zero-order valence-corrected chi connectivity index (χ0v) is 13.7. The van der Waals surface area contributed by atoms with Gasteiger partial charge in [-0.25, -0.2) is 4.98 Å². The Morgan fingerprint density at radius 3 is 3.08 bits per heavy atom. The first-order valence-electron chi connectivity index (χ1n) is 7.67. The number of aryl methyl sites for hydroxylation is 1. The molecule has 1 amide bonds. The van der Waals surface area contributed by atoms with E-state index in [1.165, 1.54) is 0 Å². The molecule has 0 spiro atoms. The lowest BCUT2D eigenvalue weighted by Gasteiger charge is -2.32. The Hall–Kier alpha value is -2.45. The molecule has 1 aliphatic heterocycles. The average molecular weight is 332 g/mol. The number of pyridine rings is 1. The van der Waals surface area contributed by atoms with Crippen molar-refractivity contribution in [3.63, 3.8) is 0 Å². The van der Waals surface area contributed by atoms with Gasteiger partial charge in [-0.15, -0.1) is 0 Å². The van der Waals surface area contributed by atoms with Crippen molar-refractivity contribution in [1.29, 1.82) is 0 Å². The third-order valence-corrected chi connectivity index (χ3v) is 3.95. The van der Waals surface area contributed by atoms with Crippen LogP contribution in [-0.4, -0.2) is 47.8 Å². The van der Waals surface area contributed by atoms with Gasteiger partial charge in [0.05, 0.1) is 31.0 Å². The fraction of sp³-hybridized carbons (Fsp3) is 0.438. The number of aromatic nitrogens is 2. The number of nitrogen functional groups attached to an aromatic ring is 1. The van der Waals surface area contributed by atoms with Crippen molar-refractivity contribution >= 4 is 11.7 Å². The zero-order valence-electron chi connectivity index (χ0n) is 13.7. The summed E-state index contributed by atoms with van der Waals surface area (Å²) in [7, 11) is 1.57. The molecule has 0 aromatic carbocycles. The molecule has 0 bridgehead atoms. The maximum atomic E-state index is 12.8. The van der Waals surface area contributed by atoms with Crippen molar-refractivity contribution in [3.05, 3.63) is 40.9 Å². The van der Waals surface area contributed by atoms with Gasteiger partial charge in [0, 0.05) is 13.7 Å². The summed E-state index contributed by atoms with van der Waals surface area (Å²) >= 11 is 0. The third-order valence-electron chi connectivity index (χ3n) is 3.95. The summed E-state index contributed by atoms with van der Waals surface area (Å²) in [6.45, 7) is 3.32. The summed E-state index contributed by atoms with van der Waals surface area (Å²) in [4.78, 5) is 18.8. The molecule has 1 saturated heterocycles. The standard InChI is InChI=1S/C16H20N4O4/c1-10-11(9-22-2)15(19-24-10)16(21)20-6-7-23-13(8-20)12-4-3-5-14(17)18-12/h3-5,13H,6-9H2,1-2H3,(H2,17,18)/t13-/m1/s1. The van der Waals surface area contributed by atoms with Gasteiger partial charge in [-0.2, -0.15) is 0 Å². The van der Waals surface area contributed by atoms with Crippen molar-refractivity contribution in [3.8, 4) is 0 Å². The molecule has 3 rings (SSSR count). The molecule has 8 nitrogen and oxygen atoms in total. The minimum Gasteiger partial charge on any atom is -0.384 e. The van der Waals surface area contributed by atoms with Gasteiger partial charge in [0.15, 0.2) is 5.69 Å². The molecule has 128 valence electrons. The summed E-state index contributed by atoms with van der Waals surface area (Å²) in [5.74, 6) is 0.813. The monoisotopic (exact) mass is 332 g/mol. The second-order valence-corrected chi connectivity index (χ2v) is 5.60. The topological polar surface area (TPSA) is 104 Å². The Morgan fingerprint density at radius 1 is 1.50 bits per heavy atom. The van der Waals surface area contributed by atoms with E-state index in [9.17, 15) is 4.79 Å². The highest BCUT2D eigenvalue weighted by molar-refractivity contribution is 5.93. The van der Waals surface area contributed by atoms with Crippen LogP contribution in [0.15, 0.2) is 22.7 Å². The first-order chi connectivity index (χ1) is 11.6. The maximum absolute atomic E-state index is 12.8. The Morgan fingerprint density at radius 2 is 2.33 bits per heavy atom. The van der Waals surface area contributed by atoms with Crippen LogP contribution in [0.2, 0.25) is 0 Å². The van der Waals surface area contributed by atoms with Gasteiger partial charge in [-0.1, -0.05) is 11.2 Å². The van der Waals surface area contributed by atoms with E-state index in [0.29, 0.717) is 42.5 Å². The first-order valence-corrected chi connectivity index (χ1v) is 7.67. The van der Waals surface area contributed by atoms with Gasteiger partial charge in [0.25, 0.3) is 5.91 Å². The van der Waals surface area contributed by atoms with E-state index in [0.717, 1.165) is 0 Å². The van der Waals surface area contributed by atoms with E-state index in [4.69, 9.17) is 19.7 Å². The van der Waals surface area contributed by atoms with Crippen molar-refractivity contribution in [2.45, 2.75) is 19.6 Å². The molecule has 1 fully saturated rings. The van der Waals surface area contributed by atoms with Gasteiger partial charge >= 0.3 is 0 Å². The smallest absolute Gasteiger partial charge is 0.276 e. The number of hydrogen-bond donors (Lipinski definition) is 1. The van der Waals surface area contributed by atoms with E-state index >= 15 is 0 Å². The second-order valence-electron chi connectivity index (χ2n) is 5.60. The molecule has 8 heteroatoms. The van der Waals surface area contributed by atoms with E-state index in [2.05, 4.69) is 10.1 Å². The lowest BCUT2D eigenvalue weighted by atomic mass is 10.1. The number of carbonyl (C=O) groups excluding carboxylic acids is 1. The van der Waals surface area contributed by atoms with E-state index in [1.807, 2.05) is 12.1 Å². The minimum atomic E-state index is -0.315. The van der Waals surface area contributed by atoms with Gasteiger partial charge in [0.2, 0.25) is 0 Å². The minimum absolute atomic E-state index is 0.198. The van der Waals surface area contributed by atoms with Crippen molar-refractivity contribution < 1.29 is 18.8 Å². The average Bonchev–Trinajstić information content (AvgIpc) is 2.96. The lowest BCUT2D eigenvalue weighted by Crippen LogP contribution is -2.43. The fourth-order valence-electron chi connectivity index (χ4n) is 2.68. The van der Waals surface area contributed by atoms with Crippen molar-refractivity contribution in [2.75, 3.05) is 32.5 Å². The molecule has 24 heavy (non-hydrogen) atoms. The number of amides is 1. The summed E-state index contributed by atoms with van der Waals surface area (Å²) < 4.78 is 16.0. The SMILES string of the molecule is COCc1c(C(=O)N2CCO[C@@H](c3cccc(N)n3)C2)noc1C. The number of carbonyl (C=O) groups is 1. The summed E-state index contributed by atoms with van der Waals surface area (Å²) in [6, 6.07) is 5.37. The molecule has 1 aliphatic rings. The Bertz CT molecular complexity index is 731. The Kier molecular flexibility index (Phi) is 4.77. The van der Waals surface area contributed by atoms with Crippen LogP contribution < -0.4 is 5.73 Å². The maximum Gasteiger partial charge on any atom is 0.276 e. The van der Waals surface area contributed by atoms with E-state index < -0.39 is 0 Å². The van der Waals surface area contributed by atoms with Crippen LogP contribution >= 0.6 is 0 Å². The van der Waals surface area contributed by atoms with Gasteiger partial charge in [0.1, 0.15) is 17.7 Å². The van der Waals surface area contributed by atoms with E-state index in [-0.39, 0.29) is 24.3 Å². The Labute approximate surface area is 139 Å². The summed E-state index contributed by atoms with van der Waals surface area (Å²) in [5, 5.41) is 3.90. The highest BCUT2D eigenvalue weighted by Crippen LogP contribution is 2.24. The van der Waals surface area contributed by atoms with Gasteiger partial charge in [-0.05, 0) is 19.1 Å². The molecule has 3 heterocycles. The van der Waals surface area contributed by atoms with Crippen LogP contribution in [0.4, 0.5) is 5.82 Å². The normalized spacial score (nSPS) is 17.9. The van der Waals surface area contributed by atoms with Crippen LogP contribution in [0.3, 0.4) is 0 Å². The molecule has 0 aliphatic carbocycles. The molecule has 2 aromatic heterocycles. The lowest BCUT2D eigenvalue weighted by molar-refractivity contribution is -0.0250. The van der Waals surface area contributed by atoms with Gasteiger partial charge < -0.3 is 24.6 Å². The highest BCUT2D eigenvalue weighted by atomic mass is 16.5. The van der Waals surface area contributed by atoms with E-state index in [1.54, 1.807) is 25.0 Å². The van der Waals surface area contributed by atoms with Crippen LogP contribution in [0, 0.1) is 6.92 Å². The number of morpholine rings is 1. The molecule has 0 radical (unpaired) electrons. The van der Waals surface area contributed by atoms with Gasteiger partial charge in [-0.3, -0.25) is 4.79 Å². The van der Waals surface area contributed by atoms with Crippen LogP contribution in [0.25, 0.3) is 0 Å². The molecule has 2 aromatic rings. The number of rotatable bonds is 4. The zero-order chi connectivity index (χ0) is 17.1. The fourth-order valence-corrected chi connectivity index (χ4v) is 2.68. The number of methoxy groups -OCH3 is 1. The third kappa shape index (κ3) is 3.24. The molecule has 2 N–H and O–H groups in total. The van der Waals surface area contributed by atoms with Crippen LogP contribution in [-0.2, 0) is 16.1 Å². The number of anilines is 1. The molecule has 1 atom stereocenters.